The summed E-state index contributed by atoms with van der Waals surface area (Å²) in [4.78, 5) is 11.1. The second-order valence-corrected chi connectivity index (χ2v) is 10.6. The Morgan fingerprint density at radius 2 is 1.86 bits per heavy atom. The van der Waals surface area contributed by atoms with Gasteiger partial charge in [0.2, 0.25) is 0 Å². The minimum Gasteiger partial charge on any atom is -0.494 e. The first kappa shape index (κ1) is 25.7. The lowest BCUT2D eigenvalue weighted by Gasteiger charge is -2.38. The van der Waals surface area contributed by atoms with E-state index in [2.05, 4.69) is 33.4 Å². The third-order valence-corrected chi connectivity index (χ3v) is 8.15. The lowest BCUT2D eigenvalue weighted by Crippen LogP contribution is -2.29. The molecule has 0 fully saturated rings. The lowest BCUT2D eigenvalue weighted by molar-refractivity contribution is -0.385. The number of hydrogen-bond donors (Lipinski definition) is 1. The highest BCUT2D eigenvalue weighted by Gasteiger charge is 2.40. The molecular weight excluding hydrogens is 583 g/mol. The van der Waals surface area contributed by atoms with Gasteiger partial charge in [0, 0.05) is 12.0 Å². The summed E-state index contributed by atoms with van der Waals surface area (Å²) in [6.45, 7) is 0.283. The summed E-state index contributed by atoms with van der Waals surface area (Å²) in [5.41, 5.74) is 3.52. The Morgan fingerprint density at radius 1 is 1.08 bits per heavy atom. The molecule has 37 heavy (non-hydrogen) atoms. The van der Waals surface area contributed by atoms with Crippen LogP contribution in [0.2, 0.25) is 10.0 Å². The van der Waals surface area contributed by atoms with Crippen LogP contribution >= 0.6 is 39.1 Å². The Morgan fingerprint density at radius 3 is 2.57 bits per heavy atom. The van der Waals surface area contributed by atoms with E-state index in [0.29, 0.717) is 27.3 Å². The molecule has 0 aromatic heterocycles. The van der Waals surface area contributed by atoms with Gasteiger partial charge in [0.05, 0.1) is 51.5 Å². The van der Waals surface area contributed by atoms with E-state index in [1.807, 2.05) is 18.2 Å². The van der Waals surface area contributed by atoms with E-state index in [1.54, 1.807) is 25.3 Å². The molecule has 5 rings (SSSR count). The van der Waals surface area contributed by atoms with E-state index in [4.69, 9.17) is 37.4 Å². The van der Waals surface area contributed by atoms with Gasteiger partial charge in [-0.15, -0.1) is 0 Å². The zero-order valence-corrected chi connectivity index (χ0v) is 23.1. The van der Waals surface area contributed by atoms with Gasteiger partial charge in [0.15, 0.2) is 11.5 Å². The van der Waals surface area contributed by atoms with Crippen molar-refractivity contribution in [1.82, 2.24) is 0 Å². The maximum Gasteiger partial charge on any atom is 0.273 e. The van der Waals surface area contributed by atoms with Gasteiger partial charge in [-0.3, -0.25) is 10.1 Å². The molecule has 0 saturated heterocycles. The standard InChI is InChI=1S/C27H23BrCl2N2O5/c1-35-23-12-16(32(33)34)11-19-17-4-3-5-18(17)25(31-26(19)23)15-9-20(28)27(24(10-15)36-2)37-13-14-6-7-21(29)22(30)8-14/h3-4,6-12,17-18,25,31H,5,13H2,1-2H3/t17-,18-,25+/m0/s1. The molecule has 1 aliphatic carbocycles. The van der Waals surface area contributed by atoms with Crippen molar-refractivity contribution in [2.24, 2.45) is 5.92 Å². The van der Waals surface area contributed by atoms with Crippen LogP contribution in [0.25, 0.3) is 0 Å². The van der Waals surface area contributed by atoms with Crippen LogP contribution < -0.4 is 19.5 Å². The zero-order valence-electron chi connectivity index (χ0n) is 20.0. The summed E-state index contributed by atoms with van der Waals surface area (Å²) < 4.78 is 18.1. The number of nitrogens with one attached hydrogen (secondary N) is 1. The lowest BCUT2D eigenvalue weighted by atomic mass is 9.76. The second kappa shape index (κ2) is 10.4. The predicted octanol–water partition coefficient (Wildman–Crippen LogP) is 8.09. The molecule has 0 bridgehead atoms. The Labute approximate surface area is 232 Å². The number of hydrogen-bond acceptors (Lipinski definition) is 6. The molecule has 1 N–H and O–H groups in total. The molecule has 0 saturated carbocycles. The van der Waals surface area contributed by atoms with Crippen LogP contribution in [0.5, 0.6) is 17.2 Å². The van der Waals surface area contributed by atoms with E-state index < -0.39 is 0 Å². The second-order valence-electron chi connectivity index (χ2n) is 8.92. The first-order chi connectivity index (χ1) is 17.8. The third kappa shape index (κ3) is 4.85. The molecule has 0 radical (unpaired) electrons. The molecule has 10 heteroatoms. The molecular formula is C27H23BrCl2N2O5. The maximum atomic E-state index is 11.5. The quantitative estimate of drug-likeness (QED) is 0.166. The van der Waals surface area contributed by atoms with Gasteiger partial charge >= 0.3 is 0 Å². The number of fused-ring (bicyclic) bond motifs is 3. The SMILES string of the molecule is COc1cc([N+](=O)[O-])cc2c1N[C@H](c1cc(Br)c(OCc3ccc(Cl)c(Cl)c3)c(OC)c1)[C@H]1CC=C[C@H]21. The summed E-state index contributed by atoms with van der Waals surface area (Å²) in [5, 5.41) is 16.1. The highest BCUT2D eigenvalue weighted by Crippen LogP contribution is 2.54. The molecule has 1 heterocycles. The fourth-order valence-electron chi connectivity index (χ4n) is 5.09. The van der Waals surface area contributed by atoms with Crippen LogP contribution in [-0.2, 0) is 6.61 Å². The Balaban J connectivity index is 1.48. The number of anilines is 1. The normalized spacial score (nSPS) is 19.5. The minimum atomic E-state index is -0.388. The Hall–Kier alpha value is -2.94. The average Bonchev–Trinajstić information content (AvgIpc) is 3.38. The monoisotopic (exact) mass is 604 g/mol. The van der Waals surface area contributed by atoms with Crippen LogP contribution in [0.1, 0.15) is 35.1 Å². The molecule has 3 aromatic carbocycles. The van der Waals surface area contributed by atoms with E-state index in [-0.39, 0.29) is 35.1 Å². The minimum absolute atomic E-state index is 0.0165. The van der Waals surface area contributed by atoms with Crippen molar-refractivity contribution in [3.63, 3.8) is 0 Å². The van der Waals surface area contributed by atoms with Gasteiger partial charge in [-0.1, -0.05) is 41.4 Å². The fourth-order valence-corrected chi connectivity index (χ4v) is 5.99. The van der Waals surface area contributed by atoms with Crippen LogP contribution in [0.4, 0.5) is 11.4 Å². The molecule has 7 nitrogen and oxygen atoms in total. The van der Waals surface area contributed by atoms with Gasteiger partial charge in [-0.25, -0.2) is 0 Å². The third-order valence-electron chi connectivity index (χ3n) is 6.83. The number of methoxy groups -OCH3 is 2. The summed E-state index contributed by atoms with van der Waals surface area (Å²) in [7, 11) is 3.12. The molecule has 0 spiro atoms. The predicted molar refractivity (Wildman–Crippen MR) is 147 cm³/mol. The topological polar surface area (TPSA) is 82.9 Å². The number of allylic oxidation sites excluding steroid dienone is 2. The Bertz CT molecular complexity index is 1410. The molecule has 192 valence electrons. The van der Waals surface area contributed by atoms with Gasteiger partial charge in [-0.05, 0) is 69.2 Å². The first-order valence-corrected chi connectivity index (χ1v) is 13.1. The fraction of sp³-hybridized carbons (Fsp3) is 0.259. The zero-order chi connectivity index (χ0) is 26.3. The van der Waals surface area contributed by atoms with Gasteiger partial charge in [-0.2, -0.15) is 0 Å². The summed E-state index contributed by atoms with van der Waals surface area (Å²) >= 11 is 15.8. The van der Waals surface area contributed by atoms with E-state index in [1.165, 1.54) is 13.2 Å². The number of non-ortho nitro benzene ring substituents is 1. The van der Waals surface area contributed by atoms with Crippen molar-refractivity contribution >= 4 is 50.5 Å². The number of halogens is 3. The molecule has 3 atom stereocenters. The van der Waals surface area contributed by atoms with E-state index in [9.17, 15) is 10.1 Å². The van der Waals surface area contributed by atoms with Crippen LogP contribution in [0.15, 0.2) is 59.1 Å². The van der Waals surface area contributed by atoms with E-state index >= 15 is 0 Å². The van der Waals surface area contributed by atoms with Crippen LogP contribution in [0.3, 0.4) is 0 Å². The summed E-state index contributed by atoms with van der Waals surface area (Å²) in [6.07, 6.45) is 5.09. The van der Waals surface area contributed by atoms with Gasteiger partial charge < -0.3 is 19.5 Å². The molecule has 2 aliphatic rings. The van der Waals surface area contributed by atoms with Crippen molar-refractivity contribution in [3.05, 3.63) is 95.9 Å². The number of ether oxygens (including phenoxy) is 3. The smallest absolute Gasteiger partial charge is 0.273 e. The van der Waals surface area contributed by atoms with Crippen molar-refractivity contribution in [2.75, 3.05) is 19.5 Å². The maximum absolute atomic E-state index is 11.5. The summed E-state index contributed by atoms with van der Waals surface area (Å²) in [6, 6.07) is 12.4. The van der Waals surface area contributed by atoms with Crippen LogP contribution in [0, 0.1) is 16.0 Å². The highest BCUT2D eigenvalue weighted by atomic mass is 79.9. The number of nitro groups is 1. The van der Waals surface area contributed by atoms with Crippen molar-refractivity contribution < 1.29 is 19.1 Å². The van der Waals surface area contributed by atoms with E-state index in [0.717, 1.165) is 33.3 Å². The number of nitro benzene ring substituents is 1. The van der Waals surface area contributed by atoms with Gasteiger partial charge in [0.1, 0.15) is 12.4 Å². The largest absolute Gasteiger partial charge is 0.494 e. The first-order valence-electron chi connectivity index (χ1n) is 11.5. The van der Waals surface area contributed by atoms with Crippen molar-refractivity contribution in [2.45, 2.75) is 25.0 Å². The summed E-state index contributed by atoms with van der Waals surface area (Å²) in [5.74, 6) is 1.78. The average molecular weight is 606 g/mol. The number of nitrogens with zero attached hydrogens (tertiary/aromatic N) is 1. The molecule has 0 unspecified atom stereocenters. The molecule has 3 aromatic rings. The molecule has 1 aliphatic heterocycles. The van der Waals surface area contributed by atoms with Crippen LogP contribution in [-0.4, -0.2) is 19.1 Å². The van der Waals surface area contributed by atoms with Crippen molar-refractivity contribution in [1.29, 1.82) is 0 Å². The Kier molecular flexibility index (Phi) is 7.25. The number of rotatable bonds is 7. The van der Waals surface area contributed by atoms with Gasteiger partial charge in [0.25, 0.3) is 5.69 Å². The highest BCUT2D eigenvalue weighted by molar-refractivity contribution is 9.10. The molecule has 0 amide bonds. The number of benzene rings is 3. The van der Waals surface area contributed by atoms with Crippen molar-refractivity contribution in [3.8, 4) is 17.2 Å².